The number of pyridine rings is 2. The van der Waals surface area contributed by atoms with Crippen LogP contribution in [-0.2, 0) is 20.1 Å². The minimum Gasteiger partial charge on any atom is -0.309 e. The van der Waals surface area contributed by atoms with Crippen molar-refractivity contribution in [3.63, 3.8) is 0 Å². The van der Waals surface area contributed by atoms with Crippen LogP contribution in [0.4, 0.5) is 0 Å². The number of aliphatic imine (C=N–C) groups is 1. The maximum atomic E-state index is 8.15. The molecule has 5 heteroatoms. The maximum absolute atomic E-state index is 8.15. The van der Waals surface area contributed by atoms with Crippen LogP contribution in [0.1, 0.15) is 75.4 Å². The van der Waals surface area contributed by atoms with Gasteiger partial charge in [0.1, 0.15) is 0 Å². The quantitative estimate of drug-likeness (QED) is 0.198. The summed E-state index contributed by atoms with van der Waals surface area (Å²) in [6.07, 6.45) is 13.3. The summed E-state index contributed by atoms with van der Waals surface area (Å²) in [4.78, 5) is 13.2. The fraction of sp³-hybridized carbons (Fsp3) is 0.286. The van der Waals surface area contributed by atoms with E-state index in [1.165, 1.54) is 47.6 Å². The summed E-state index contributed by atoms with van der Waals surface area (Å²) < 4.78 is 39.2. The molecule has 1 atom stereocenters. The van der Waals surface area contributed by atoms with Crippen LogP contribution >= 0.6 is 11.3 Å². The molecule has 1 fully saturated rings. The number of benzene rings is 1. The van der Waals surface area contributed by atoms with E-state index in [9.17, 15) is 0 Å². The van der Waals surface area contributed by atoms with Crippen LogP contribution in [-0.4, -0.2) is 15.7 Å². The van der Waals surface area contributed by atoms with Gasteiger partial charge in [-0.25, -0.2) is 0 Å². The third-order valence-electron chi connectivity index (χ3n) is 7.28. The van der Waals surface area contributed by atoms with Gasteiger partial charge in [0.25, 0.3) is 0 Å². The van der Waals surface area contributed by atoms with Crippen molar-refractivity contribution in [2.24, 2.45) is 10.9 Å². The van der Waals surface area contributed by atoms with Gasteiger partial charge in [-0.3, -0.25) is 4.98 Å². The normalized spacial score (nSPS) is 18.8. The first-order valence-electron chi connectivity index (χ1n) is 15.9. The first-order chi connectivity index (χ1) is 21.1. The molecule has 0 amide bonds. The standard InChI is InChI=1S/C21H19N2S.C14H16N.Ir/c1-2-8-16(7-1)19-14-22-13-17-9-3-4-10-18(15-24-21(17)19)20-11-5-6-12-23-20;1-10-4-6-13(7-5-10)14-8-11(2)12(3)9-15-14;/h3-6,9,11-16H,1-2,7-8H2;4-6,9,11H,8H2,1-3H3;/q2*-1;/i5D,11D;1D3;. The Labute approximate surface area is 263 Å². The SMILES string of the molecule is [2H]C([2H])([2H])c1c[c-]c(C2=NC=C(C)C(C)C2)cc1.[2H]c1ccnc(-c2[c-]cccc3cncc(C4CCCC4)c3sc2)c1[2H].[Ir]. The molecule has 4 aromatic rings. The molecule has 207 valence electrons. The summed E-state index contributed by atoms with van der Waals surface area (Å²) in [6, 6.07) is 18.9. The summed E-state index contributed by atoms with van der Waals surface area (Å²) in [5, 5.41) is 3.11. The molecular weight excluding hydrogens is 687 g/mol. The Bertz CT molecular complexity index is 1740. The van der Waals surface area contributed by atoms with Gasteiger partial charge in [0.05, 0.1) is 2.74 Å². The number of aryl methyl sites for hydroxylation is 1. The van der Waals surface area contributed by atoms with Crippen molar-refractivity contribution in [1.29, 1.82) is 0 Å². The van der Waals surface area contributed by atoms with Crippen molar-refractivity contribution >= 4 is 27.1 Å². The molecule has 0 saturated heterocycles. The van der Waals surface area contributed by atoms with Crippen LogP contribution in [0.3, 0.4) is 0 Å². The van der Waals surface area contributed by atoms with Crippen molar-refractivity contribution < 1.29 is 27.0 Å². The van der Waals surface area contributed by atoms with E-state index < -0.39 is 6.85 Å². The molecule has 1 radical (unpaired) electrons. The van der Waals surface area contributed by atoms with Gasteiger partial charge >= 0.3 is 0 Å². The second kappa shape index (κ2) is 14.6. The third-order valence-corrected chi connectivity index (χ3v) is 8.34. The molecule has 0 spiro atoms. The molecule has 4 heterocycles. The minimum absolute atomic E-state index is 0. The number of allylic oxidation sites excluding steroid dienone is 1. The van der Waals surface area contributed by atoms with Crippen molar-refractivity contribution in [2.75, 3.05) is 0 Å². The van der Waals surface area contributed by atoms with E-state index in [2.05, 4.69) is 47.0 Å². The summed E-state index contributed by atoms with van der Waals surface area (Å²) in [5.41, 5.74) is 6.01. The van der Waals surface area contributed by atoms with Crippen LogP contribution in [0, 0.1) is 24.9 Å². The Kier molecular flexibility index (Phi) is 8.64. The largest absolute Gasteiger partial charge is 0.309 e. The first kappa shape index (κ1) is 23.7. The predicted octanol–water partition coefficient (Wildman–Crippen LogP) is 9.47. The van der Waals surface area contributed by atoms with Gasteiger partial charge in [-0.2, -0.15) is 11.3 Å². The van der Waals surface area contributed by atoms with E-state index in [0.29, 0.717) is 23.1 Å². The smallest absolute Gasteiger partial charge is 0.0616 e. The number of nitrogens with zero attached hydrogens (tertiary/aromatic N) is 3. The zero-order valence-corrected chi connectivity index (χ0v) is 25.9. The van der Waals surface area contributed by atoms with Gasteiger partial charge in [-0.1, -0.05) is 55.7 Å². The van der Waals surface area contributed by atoms with Gasteiger partial charge in [0, 0.05) is 59.1 Å². The molecule has 1 unspecified atom stereocenters. The summed E-state index contributed by atoms with van der Waals surface area (Å²) in [6.45, 7) is 2.18. The Morgan fingerprint density at radius 2 is 1.95 bits per heavy atom. The van der Waals surface area contributed by atoms with Gasteiger partial charge in [0.2, 0.25) is 0 Å². The average Bonchev–Trinajstić information content (AvgIpc) is 3.57. The van der Waals surface area contributed by atoms with Crippen molar-refractivity contribution in [3.05, 3.63) is 119 Å². The van der Waals surface area contributed by atoms with Crippen molar-refractivity contribution in [3.8, 4) is 11.3 Å². The fourth-order valence-corrected chi connectivity index (χ4v) is 5.88. The summed E-state index contributed by atoms with van der Waals surface area (Å²) >= 11 is 1.65. The average molecular weight is 727 g/mol. The van der Waals surface area contributed by atoms with Crippen molar-refractivity contribution in [1.82, 2.24) is 9.97 Å². The topological polar surface area (TPSA) is 38.1 Å². The van der Waals surface area contributed by atoms with Gasteiger partial charge in [-0.15, -0.1) is 59.2 Å². The van der Waals surface area contributed by atoms with E-state index >= 15 is 0 Å². The molecular formula is C35H35IrN3S-2. The molecule has 3 aromatic heterocycles. The van der Waals surface area contributed by atoms with Crippen LogP contribution in [0.2, 0.25) is 0 Å². The number of hydrogen-bond donors (Lipinski definition) is 0. The van der Waals surface area contributed by atoms with E-state index in [4.69, 9.17) is 6.85 Å². The van der Waals surface area contributed by atoms with Crippen LogP contribution in [0.15, 0.2) is 95.3 Å². The van der Waals surface area contributed by atoms with E-state index in [1.807, 2.05) is 36.1 Å². The monoisotopic (exact) mass is 727 g/mol. The molecule has 1 saturated carbocycles. The molecule has 1 aliphatic carbocycles. The number of hydrogen-bond acceptors (Lipinski definition) is 4. The Balaban J connectivity index is 0.000000214. The molecule has 40 heavy (non-hydrogen) atoms. The molecule has 3 nitrogen and oxygen atoms in total. The fourth-order valence-electron chi connectivity index (χ4n) is 4.85. The second-order valence-electron chi connectivity index (χ2n) is 10.1. The molecule has 2 aliphatic rings. The van der Waals surface area contributed by atoms with E-state index in [-0.39, 0.29) is 32.2 Å². The minimum atomic E-state index is -2.06. The first-order valence-corrected chi connectivity index (χ1v) is 14.3. The van der Waals surface area contributed by atoms with Crippen LogP contribution in [0.5, 0.6) is 0 Å². The Morgan fingerprint density at radius 3 is 2.73 bits per heavy atom. The summed E-state index contributed by atoms with van der Waals surface area (Å²) in [5.74, 6) is 1.06. The molecule has 1 aliphatic heterocycles. The van der Waals surface area contributed by atoms with Gasteiger partial charge in [-0.05, 0) is 61.1 Å². The summed E-state index contributed by atoms with van der Waals surface area (Å²) in [7, 11) is 0. The predicted molar refractivity (Wildman–Crippen MR) is 165 cm³/mol. The zero-order chi connectivity index (χ0) is 31.3. The van der Waals surface area contributed by atoms with Crippen LogP contribution in [0.25, 0.3) is 21.3 Å². The molecule has 6 rings (SSSR count). The second-order valence-corrected chi connectivity index (χ2v) is 10.9. The van der Waals surface area contributed by atoms with E-state index in [1.54, 1.807) is 35.7 Å². The maximum Gasteiger partial charge on any atom is 0.0616 e. The third kappa shape index (κ3) is 7.60. The molecule has 1 aromatic carbocycles. The number of fused-ring (bicyclic) bond motifs is 1. The number of aromatic nitrogens is 2. The zero-order valence-electron chi connectivity index (χ0n) is 27.7. The number of rotatable bonds is 3. The van der Waals surface area contributed by atoms with Gasteiger partial charge in [0.15, 0.2) is 0 Å². The molecule has 0 bridgehead atoms. The molecule has 0 N–H and O–H groups in total. The van der Waals surface area contributed by atoms with Gasteiger partial charge < -0.3 is 9.98 Å². The van der Waals surface area contributed by atoms with Crippen LogP contribution < -0.4 is 0 Å². The Morgan fingerprint density at radius 1 is 1.07 bits per heavy atom. The van der Waals surface area contributed by atoms with E-state index in [0.717, 1.165) is 28.6 Å². The Hall–Kier alpha value is -2.98. The van der Waals surface area contributed by atoms with Crippen molar-refractivity contribution in [2.45, 2.75) is 58.7 Å².